The minimum atomic E-state index is -3.61. The van der Waals surface area contributed by atoms with Crippen molar-refractivity contribution in [2.24, 2.45) is 0 Å². The number of halogens is 1. The maximum atomic E-state index is 13.8. The Morgan fingerprint density at radius 3 is 2.77 bits per heavy atom. The van der Waals surface area contributed by atoms with E-state index < -0.39 is 28.0 Å². The molecule has 0 radical (unpaired) electrons. The summed E-state index contributed by atoms with van der Waals surface area (Å²) in [6.07, 6.45) is 1.61. The van der Waals surface area contributed by atoms with Crippen molar-refractivity contribution in [3.63, 3.8) is 0 Å². The SMILES string of the molecule is Cc1ccc(F)c(NC(=O)C[C@@H]2COCCN2S(=O)(=O)N2CCCC2)c1. The standard InChI is InChI=1S/C17H24FN3O4S/c1-13-4-5-15(18)16(10-13)19-17(22)11-14-12-25-9-8-21(14)26(23,24)20-6-2-3-7-20/h4-5,10,14H,2-3,6-9,11-12H2,1H3,(H,19,22)/t14-/m1/s1. The third kappa shape index (κ3) is 4.22. The number of anilines is 1. The summed E-state index contributed by atoms with van der Waals surface area (Å²) < 4.78 is 47.7. The lowest BCUT2D eigenvalue weighted by Gasteiger charge is -2.36. The van der Waals surface area contributed by atoms with Gasteiger partial charge < -0.3 is 10.1 Å². The summed E-state index contributed by atoms with van der Waals surface area (Å²) in [7, 11) is -3.61. The first-order valence-electron chi connectivity index (χ1n) is 8.78. The van der Waals surface area contributed by atoms with Crippen molar-refractivity contribution in [2.45, 2.75) is 32.2 Å². The van der Waals surface area contributed by atoms with Crippen LogP contribution >= 0.6 is 0 Å². The Balaban J connectivity index is 1.70. The molecule has 7 nitrogen and oxygen atoms in total. The molecule has 1 N–H and O–H groups in total. The number of rotatable bonds is 5. The van der Waals surface area contributed by atoms with Crippen LogP contribution in [0.15, 0.2) is 18.2 Å². The van der Waals surface area contributed by atoms with Gasteiger partial charge in [0.15, 0.2) is 0 Å². The van der Waals surface area contributed by atoms with Gasteiger partial charge in [-0.2, -0.15) is 17.0 Å². The molecule has 0 spiro atoms. The van der Waals surface area contributed by atoms with Gasteiger partial charge in [0.05, 0.1) is 24.9 Å². The quantitative estimate of drug-likeness (QED) is 0.833. The number of nitrogens with one attached hydrogen (secondary N) is 1. The van der Waals surface area contributed by atoms with Gasteiger partial charge in [0.2, 0.25) is 5.91 Å². The Morgan fingerprint density at radius 1 is 1.31 bits per heavy atom. The zero-order chi connectivity index (χ0) is 18.7. The van der Waals surface area contributed by atoms with E-state index in [2.05, 4.69) is 5.32 Å². The maximum absolute atomic E-state index is 13.8. The molecule has 1 aromatic rings. The Hall–Kier alpha value is -1.55. The van der Waals surface area contributed by atoms with Crippen molar-refractivity contribution >= 4 is 21.8 Å². The molecule has 0 unspecified atom stereocenters. The van der Waals surface area contributed by atoms with Crippen LogP contribution in [0.2, 0.25) is 0 Å². The monoisotopic (exact) mass is 385 g/mol. The van der Waals surface area contributed by atoms with Crippen LogP contribution in [0.5, 0.6) is 0 Å². The number of aryl methyl sites for hydroxylation is 1. The third-order valence-electron chi connectivity index (χ3n) is 4.68. The van der Waals surface area contributed by atoms with Gasteiger partial charge in [-0.25, -0.2) is 4.39 Å². The zero-order valence-corrected chi connectivity index (χ0v) is 15.6. The lowest BCUT2D eigenvalue weighted by atomic mass is 10.1. The molecule has 3 rings (SSSR count). The van der Waals surface area contributed by atoms with Gasteiger partial charge in [0.25, 0.3) is 10.2 Å². The Bertz CT molecular complexity index is 765. The second kappa shape index (κ2) is 7.99. The fourth-order valence-corrected chi connectivity index (χ4v) is 5.16. The lowest BCUT2D eigenvalue weighted by Crippen LogP contribution is -2.54. The molecule has 1 aromatic carbocycles. The first-order valence-corrected chi connectivity index (χ1v) is 10.2. The molecule has 0 saturated carbocycles. The van der Waals surface area contributed by atoms with Crippen LogP contribution in [0.1, 0.15) is 24.8 Å². The normalized spacial score (nSPS) is 22.5. The number of hydrogen-bond donors (Lipinski definition) is 1. The Kier molecular flexibility index (Phi) is 5.91. The van der Waals surface area contributed by atoms with E-state index in [4.69, 9.17) is 4.74 Å². The van der Waals surface area contributed by atoms with Gasteiger partial charge in [0, 0.05) is 26.1 Å². The number of morpholine rings is 1. The summed E-state index contributed by atoms with van der Waals surface area (Å²) >= 11 is 0. The largest absolute Gasteiger partial charge is 0.378 e. The molecule has 2 aliphatic heterocycles. The van der Waals surface area contributed by atoms with Crippen molar-refractivity contribution in [1.29, 1.82) is 0 Å². The molecular weight excluding hydrogens is 361 g/mol. The van der Waals surface area contributed by atoms with Crippen LogP contribution in [-0.4, -0.2) is 61.8 Å². The topological polar surface area (TPSA) is 79.0 Å². The predicted octanol–water partition coefficient (Wildman–Crippen LogP) is 1.50. The van der Waals surface area contributed by atoms with Crippen LogP contribution in [0.3, 0.4) is 0 Å². The average molecular weight is 385 g/mol. The summed E-state index contributed by atoms with van der Waals surface area (Å²) in [6, 6.07) is 3.86. The Labute approximate surface area is 153 Å². The number of ether oxygens (including phenoxy) is 1. The highest BCUT2D eigenvalue weighted by Crippen LogP contribution is 2.23. The Morgan fingerprint density at radius 2 is 2.04 bits per heavy atom. The van der Waals surface area contributed by atoms with Gasteiger partial charge in [-0.1, -0.05) is 6.07 Å². The van der Waals surface area contributed by atoms with E-state index >= 15 is 0 Å². The molecule has 1 amide bonds. The fourth-order valence-electron chi connectivity index (χ4n) is 3.32. The van der Waals surface area contributed by atoms with Crippen LogP contribution < -0.4 is 5.32 Å². The summed E-state index contributed by atoms with van der Waals surface area (Å²) in [5.74, 6) is -0.961. The van der Waals surface area contributed by atoms with E-state index in [1.807, 2.05) is 0 Å². The second-order valence-electron chi connectivity index (χ2n) is 6.69. The number of benzene rings is 1. The highest BCUT2D eigenvalue weighted by atomic mass is 32.2. The molecule has 9 heteroatoms. The molecule has 2 aliphatic rings. The third-order valence-corrected chi connectivity index (χ3v) is 6.77. The molecule has 0 aromatic heterocycles. The molecular formula is C17H24FN3O4S. The number of nitrogens with zero attached hydrogens (tertiary/aromatic N) is 2. The summed E-state index contributed by atoms with van der Waals surface area (Å²) in [5, 5.41) is 2.54. The van der Waals surface area contributed by atoms with Crippen molar-refractivity contribution in [3.05, 3.63) is 29.6 Å². The summed E-state index contributed by atoms with van der Waals surface area (Å²) in [4.78, 5) is 12.4. The number of amides is 1. The van der Waals surface area contributed by atoms with E-state index in [9.17, 15) is 17.6 Å². The van der Waals surface area contributed by atoms with E-state index in [0.29, 0.717) is 19.7 Å². The van der Waals surface area contributed by atoms with Crippen LogP contribution in [0.25, 0.3) is 0 Å². The number of carbonyl (C=O) groups excluding carboxylic acids is 1. The van der Waals surface area contributed by atoms with Crippen molar-refractivity contribution in [1.82, 2.24) is 8.61 Å². The smallest absolute Gasteiger partial charge is 0.282 e. The minimum Gasteiger partial charge on any atom is -0.378 e. The number of carbonyl (C=O) groups is 1. The first-order chi connectivity index (χ1) is 12.4. The highest BCUT2D eigenvalue weighted by Gasteiger charge is 2.38. The van der Waals surface area contributed by atoms with Gasteiger partial charge in [-0.3, -0.25) is 4.79 Å². The van der Waals surface area contributed by atoms with Crippen molar-refractivity contribution < 1.29 is 22.3 Å². The highest BCUT2D eigenvalue weighted by molar-refractivity contribution is 7.86. The van der Waals surface area contributed by atoms with Gasteiger partial charge in [0.1, 0.15) is 5.82 Å². The molecule has 0 aliphatic carbocycles. The summed E-state index contributed by atoms with van der Waals surface area (Å²) in [5.41, 5.74) is 0.918. The van der Waals surface area contributed by atoms with Crippen LogP contribution in [-0.2, 0) is 19.7 Å². The van der Waals surface area contributed by atoms with Crippen molar-refractivity contribution in [2.75, 3.05) is 38.2 Å². The maximum Gasteiger partial charge on any atom is 0.282 e. The first kappa shape index (κ1) is 19.2. The molecule has 0 bridgehead atoms. The van der Waals surface area contributed by atoms with E-state index in [1.165, 1.54) is 14.7 Å². The molecule has 2 fully saturated rings. The van der Waals surface area contributed by atoms with E-state index in [1.54, 1.807) is 19.1 Å². The van der Waals surface area contributed by atoms with Gasteiger partial charge in [-0.15, -0.1) is 0 Å². The minimum absolute atomic E-state index is 0.0829. The van der Waals surface area contributed by atoms with Gasteiger partial charge in [-0.05, 0) is 37.5 Å². The predicted molar refractivity (Wildman–Crippen MR) is 95.4 cm³/mol. The van der Waals surface area contributed by atoms with E-state index in [0.717, 1.165) is 18.4 Å². The van der Waals surface area contributed by atoms with E-state index in [-0.39, 0.29) is 25.3 Å². The molecule has 26 heavy (non-hydrogen) atoms. The molecule has 144 valence electrons. The summed E-state index contributed by atoms with van der Waals surface area (Å²) in [6.45, 7) is 3.48. The molecule has 1 atom stereocenters. The fraction of sp³-hybridized carbons (Fsp3) is 0.588. The zero-order valence-electron chi connectivity index (χ0n) is 14.8. The van der Waals surface area contributed by atoms with Crippen LogP contribution in [0, 0.1) is 12.7 Å². The lowest BCUT2D eigenvalue weighted by molar-refractivity contribution is -0.118. The average Bonchev–Trinajstić information content (AvgIpc) is 3.14. The van der Waals surface area contributed by atoms with Crippen molar-refractivity contribution in [3.8, 4) is 0 Å². The molecule has 2 heterocycles. The molecule has 2 saturated heterocycles. The van der Waals surface area contributed by atoms with Gasteiger partial charge >= 0.3 is 0 Å². The number of hydrogen-bond acceptors (Lipinski definition) is 4. The second-order valence-corrected chi connectivity index (χ2v) is 8.57. The van der Waals surface area contributed by atoms with Crippen LogP contribution in [0.4, 0.5) is 10.1 Å².